The Morgan fingerprint density at radius 2 is 1.36 bits per heavy atom. The van der Waals surface area contributed by atoms with Crippen molar-refractivity contribution >= 4 is 97.1 Å². The number of amides is 7. The van der Waals surface area contributed by atoms with Crippen molar-refractivity contribution in [3.8, 4) is 0 Å². The van der Waals surface area contributed by atoms with Gasteiger partial charge in [0.2, 0.25) is 11.8 Å². The van der Waals surface area contributed by atoms with Gasteiger partial charge in [-0.3, -0.25) is 34.7 Å². The van der Waals surface area contributed by atoms with E-state index >= 15 is 0 Å². The molecule has 372 valence electrons. The van der Waals surface area contributed by atoms with Crippen LogP contribution >= 0.6 is 22.6 Å². The highest BCUT2D eigenvalue weighted by molar-refractivity contribution is 14.1. The average Bonchev–Trinajstić information content (AvgIpc) is 3.32. The molecule has 2 heterocycles. The number of nitrogens with one attached hydrogen (secondary N) is 7. The maximum Gasteiger partial charge on any atom is 0.417 e. The molecule has 23 nitrogen and oxygen atoms in total. The quantitative estimate of drug-likeness (QED) is 0.0181. The number of rotatable bonds is 26. The first-order chi connectivity index (χ1) is 32.9. The zero-order chi connectivity index (χ0) is 50.5. The van der Waals surface area contributed by atoms with Gasteiger partial charge in [-0.05, 0) is 89.1 Å². The van der Waals surface area contributed by atoms with Gasteiger partial charge in [0.1, 0.15) is 30.0 Å². The number of unbranched alkanes of at least 4 members (excludes halogenated alkanes) is 1. The first-order valence-corrected chi connectivity index (χ1v) is 23.4. The van der Waals surface area contributed by atoms with Crippen LogP contribution in [0.25, 0.3) is 10.8 Å². The number of benzene rings is 2. The molecule has 0 bridgehead atoms. The Balaban J connectivity index is 1.33. The van der Waals surface area contributed by atoms with Gasteiger partial charge in [-0.2, -0.15) is 5.10 Å². The number of anilines is 1. The van der Waals surface area contributed by atoms with Crippen LogP contribution < -0.4 is 37.3 Å². The predicted octanol–water partition coefficient (Wildman–Crippen LogP) is 2.64. The number of hydrogen-bond acceptors (Lipinski definition) is 12. The van der Waals surface area contributed by atoms with E-state index < -0.39 is 90.7 Å². The van der Waals surface area contributed by atoms with Crippen LogP contribution in [-0.4, -0.2) is 145 Å². The van der Waals surface area contributed by atoms with Crippen LogP contribution in [0.1, 0.15) is 73.7 Å². The van der Waals surface area contributed by atoms with E-state index in [-0.39, 0.29) is 67.6 Å². The standard InChI is InChI=1S/C45H57IN10O13/c1-56(20-17-27(18-21-56)24-49-40(62)32(12-15-37(57)58)51-39(61)31-11-14-36(48-25-31)55-50-26-46)45(69)54-35(23-28-9-10-29-6-2-3-7-30(29)22-28)41(63)47-19-5-4-8-33(42(64)65)52-44(68)53-34(43(66)67)13-16-38(59)60/h2-3,6-7,9-11,14,22,25-27,32-35H,4-5,8,12-13,15-21,23-24H2,1H3,(H10-,47,48,49,51,52,53,54,55,57,58,59,60,61,62,63,64,65,66,67,68,69)/p+1/b50-26+. The Hall–Kier alpha value is -6.96. The summed E-state index contributed by atoms with van der Waals surface area (Å²) in [5.41, 5.74) is 3.62. The van der Waals surface area contributed by atoms with E-state index in [9.17, 15) is 58.5 Å². The number of urea groups is 2. The summed E-state index contributed by atoms with van der Waals surface area (Å²) in [5.74, 6) is -6.58. The van der Waals surface area contributed by atoms with E-state index in [1.165, 1.54) is 22.6 Å². The summed E-state index contributed by atoms with van der Waals surface area (Å²) in [6.07, 6.45) is 1.44. The van der Waals surface area contributed by atoms with E-state index in [1.807, 2.05) is 65.1 Å². The first-order valence-electron chi connectivity index (χ1n) is 22.2. The second-order valence-electron chi connectivity index (χ2n) is 16.8. The molecule has 1 aromatic heterocycles. The summed E-state index contributed by atoms with van der Waals surface area (Å²) >= 11 is 1.92. The van der Waals surface area contributed by atoms with E-state index in [0.717, 1.165) is 16.3 Å². The lowest BCUT2D eigenvalue weighted by Gasteiger charge is -2.38. The molecule has 1 aliphatic rings. The molecule has 4 unspecified atom stereocenters. The molecule has 4 atom stereocenters. The number of halogens is 1. The Labute approximate surface area is 410 Å². The number of quaternary nitrogens is 1. The number of carboxylic acid groups (broad SMARTS) is 4. The smallest absolute Gasteiger partial charge is 0.417 e. The largest absolute Gasteiger partial charge is 0.481 e. The highest BCUT2D eigenvalue weighted by atomic mass is 127. The molecule has 4 rings (SSSR count). The molecule has 0 spiro atoms. The van der Waals surface area contributed by atoms with E-state index in [1.54, 1.807) is 7.05 Å². The lowest BCUT2D eigenvalue weighted by atomic mass is 9.95. The normalized spacial score (nSPS) is 17.3. The number of fused-ring (bicyclic) bond motifs is 1. The van der Waals surface area contributed by atoms with Gasteiger partial charge in [-0.25, -0.2) is 28.6 Å². The summed E-state index contributed by atoms with van der Waals surface area (Å²) in [6, 6.07) is 9.82. The SMILES string of the molecule is C[N+]1(C(=O)NC(Cc2ccc3ccccc3c2)C(=O)NCCCCC(NC(=O)NC(CCC(=O)O)C(=O)O)C(=O)O)CCC(CNC(=O)C(CCC(=O)O)NC(=O)c2ccc(N/N=C/I)nc2)CC1. The lowest BCUT2D eigenvalue weighted by Crippen LogP contribution is -2.62. The average molecular weight is 1070 g/mol. The molecule has 7 amide bonds. The molecule has 0 radical (unpaired) electrons. The molecule has 0 aliphatic carbocycles. The van der Waals surface area contributed by atoms with E-state index in [0.29, 0.717) is 31.7 Å². The number of aromatic nitrogens is 1. The number of hydrazone groups is 1. The highest BCUT2D eigenvalue weighted by Gasteiger charge is 2.39. The Morgan fingerprint density at radius 1 is 0.739 bits per heavy atom. The van der Waals surface area contributed by atoms with Crippen molar-refractivity contribution in [2.45, 2.75) is 88.4 Å². The molecule has 0 saturated carbocycles. The fraction of sp³-hybridized carbons (Fsp3) is 0.444. The second-order valence-corrected chi connectivity index (χ2v) is 17.3. The van der Waals surface area contributed by atoms with Crippen LogP contribution in [0.3, 0.4) is 0 Å². The zero-order valence-corrected chi connectivity index (χ0v) is 40.0. The van der Waals surface area contributed by atoms with Crippen LogP contribution in [0, 0.1) is 5.92 Å². The maximum atomic E-state index is 14.0. The summed E-state index contributed by atoms with van der Waals surface area (Å²) in [7, 11) is 1.76. The summed E-state index contributed by atoms with van der Waals surface area (Å²) in [5, 5.41) is 58.4. The minimum Gasteiger partial charge on any atom is -0.481 e. The number of carbonyl (C=O) groups is 9. The molecule has 2 aromatic carbocycles. The first kappa shape index (κ1) is 54.6. The van der Waals surface area contributed by atoms with Crippen molar-refractivity contribution in [1.29, 1.82) is 0 Å². The van der Waals surface area contributed by atoms with Crippen molar-refractivity contribution < 1.29 is 68.1 Å². The molecular formula is C45H58IN10O13+. The molecule has 1 saturated heterocycles. The maximum absolute atomic E-state index is 14.0. The van der Waals surface area contributed by atoms with Gasteiger partial charge in [0.25, 0.3) is 5.91 Å². The third-order valence-electron chi connectivity index (χ3n) is 11.6. The third-order valence-corrected chi connectivity index (χ3v) is 11.9. The van der Waals surface area contributed by atoms with Gasteiger partial charge in [-0.1, -0.05) is 42.5 Å². The zero-order valence-electron chi connectivity index (χ0n) is 37.8. The minimum atomic E-state index is -1.55. The van der Waals surface area contributed by atoms with Crippen LogP contribution in [0.2, 0.25) is 0 Å². The van der Waals surface area contributed by atoms with Crippen LogP contribution in [0.5, 0.6) is 0 Å². The number of aliphatic carboxylic acids is 4. The number of pyridine rings is 1. The Bertz CT molecular complexity index is 2340. The molecule has 69 heavy (non-hydrogen) atoms. The number of hydrogen-bond donors (Lipinski definition) is 11. The predicted molar refractivity (Wildman–Crippen MR) is 258 cm³/mol. The van der Waals surface area contributed by atoms with E-state index in [4.69, 9.17) is 5.11 Å². The number of nitrogens with zero attached hydrogens (tertiary/aromatic N) is 3. The van der Waals surface area contributed by atoms with Crippen LogP contribution in [0.4, 0.5) is 15.4 Å². The lowest BCUT2D eigenvalue weighted by molar-refractivity contribution is -0.837. The fourth-order valence-electron chi connectivity index (χ4n) is 7.49. The fourth-order valence-corrected chi connectivity index (χ4v) is 7.63. The molecular weight excluding hydrogens is 1020 g/mol. The van der Waals surface area contributed by atoms with Crippen molar-refractivity contribution in [3.63, 3.8) is 0 Å². The van der Waals surface area contributed by atoms with Gasteiger partial charge >= 0.3 is 35.9 Å². The monoisotopic (exact) mass is 1070 g/mol. The Morgan fingerprint density at radius 3 is 1.97 bits per heavy atom. The van der Waals surface area contributed by atoms with Crippen molar-refractivity contribution in [3.05, 3.63) is 71.9 Å². The van der Waals surface area contributed by atoms with Crippen molar-refractivity contribution in [2.24, 2.45) is 11.0 Å². The van der Waals surface area contributed by atoms with Gasteiger partial charge < -0.3 is 47.0 Å². The molecule has 11 N–H and O–H groups in total. The van der Waals surface area contributed by atoms with Gasteiger partial charge in [-0.15, -0.1) is 0 Å². The second kappa shape index (κ2) is 27.1. The molecule has 1 fully saturated rings. The van der Waals surface area contributed by atoms with Gasteiger partial charge in [0, 0.05) is 51.4 Å². The topological polar surface area (TPSA) is 344 Å². The van der Waals surface area contributed by atoms with Crippen LogP contribution in [0.15, 0.2) is 65.9 Å². The number of likely N-dealkylation sites (tertiary alicyclic amines) is 1. The van der Waals surface area contributed by atoms with Crippen molar-refractivity contribution in [2.75, 3.05) is 38.7 Å². The molecule has 3 aromatic rings. The summed E-state index contributed by atoms with van der Waals surface area (Å²) in [4.78, 5) is 116. The number of carbonyl (C=O) groups excluding carboxylic acids is 5. The van der Waals surface area contributed by atoms with Crippen molar-refractivity contribution in [1.82, 2.24) is 36.9 Å². The molecule has 24 heteroatoms. The molecule has 1 aliphatic heterocycles. The number of piperidine rings is 1. The Kier molecular flexibility index (Phi) is 21.5. The third kappa shape index (κ3) is 18.2. The van der Waals surface area contributed by atoms with Crippen LogP contribution in [-0.2, 0) is 35.2 Å². The summed E-state index contributed by atoms with van der Waals surface area (Å²) < 4.78 is 1.44. The highest BCUT2D eigenvalue weighted by Crippen LogP contribution is 2.23. The van der Waals surface area contributed by atoms with Gasteiger partial charge in [0.15, 0.2) is 0 Å². The van der Waals surface area contributed by atoms with Gasteiger partial charge in [0.05, 0.1) is 29.9 Å². The minimum absolute atomic E-state index is 0.0503. The summed E-state index contributed by atoms with van der Waals surface area (Å²) in [6.45, 7) is 1.04. The number of carboxylic acids is 4. The van der Waals surface area contributed by atoms with E-state index in [2.05, 4.69) is 47.4 Å².